The van der Waals surface area contributed by atoms with Gasteiger partial charge in [-0.05, 0) is 36.6 Å². The summed E-state index contributed by atoms with van der Waals surface area (Å²) in [6.45, 7) is 2.24. The second-order valence-electron chi connectivity index (χ2n) is 8.00. The van der Waals surface area contributed by atoms with E-state index in [9.17, 15) is 19.8 Å². The van der Waals surface area contributed by atoms with Crippen LogP contribution in [0.25, 0.3) is 0 Å². The van der Waals surface area contributed by atoms with E-state index in [2.05, 4.69) is 12.2 Å². The van der Waals surface area contributed by atoms with Gasteiger partial charge >= 0.3 is 5.97 Å². The lowest BCUT2D eigenvalue weighted by atomic mass is 10.1. The first-order chi connectivity index (χ1) is 14.5. The van der Waals surface area contributed by atoms with E-state index in [1.54, 1.807) is 12.1 Å². The number of benzene rings is 1. The van der Waals surface area contributed by atoms with Crippen LogP contribution in [0, 0.1) is 0 Å². The molecule has 3 N–H and O–H groups in total. The molecule has 0 heterocycles. The van der Waals surface area contributed by atoms with Gasteiger partial charge in [0.1, 0.15) is 11.8 Å². The zero-order valence-electron chi connectivity index (χ0n) is 18.4. The van der Waals surface area contributed by atoms with Gasteiger partial charge in [0.2, 0.25) is 5.91 Å². The van der Waals surface area contributed by atoms with Crippen LogP contribution in [0.2, 0.25) is 0 Å². The molecule has 1 aromatic carbocycles. The molecule has 0 saturated heterocycles. The first-order valence-corrected chi connectivity index (χ1v) is 11.5. The largest absolute Gasteiger partial charge is 0.508 e. The lowest BCUT2D eigenvalue weighted by molar-refractivity contribution is -0.141. The van der Waals surface area contributed by atoms with E-state index >= 15 is 0 Å². The maximum Gasteiger partial charge on any atom is 0.326 e. The van der Waals surface area contributed by atoms with Crippen LogP contribution in [0.15, 0.2) is 36.4 Å². The first-order valence-electron chi connectivity index (χ1n) is 11.5. The summed E-state index contributed by atoms with van der Waals surface area (Å²) in [5, 5.41) is 21.2. The third kappa shape index (κ3) is 13.0. The van der Waals surface area contributed by atoms with Crippen LogP contribution in [0.5, 0.6) is 5.75 Å². The van der Waals surface area contributed by atoms with Crippen molar-refractivity contribution in [1.82, 2.24) is 5.32 Å². The minimum Gasteiger partial charge on any atom is -0.508 e. The topological polar surface area (TPSA) is 86.6 Å². The molecule has 0 radical (unpaired) electrons. The molecule has 1 aromatic rings. The van der Waals surface area contributed by atoms with Gasteiger partial charge in [-0.1, -0.05) is 89.3 Å². The Kier molecular flexibility index (Phi) is 14.1. The third-order valence-corrected chi connectivity index (χ3v) is 5.23. The molecule has 0 aliphatic rings. The third-order valence-electron chi connectivity index (χ3n) is 5.23. The molecule has 5 heteroatoms. The molecule has 30 heavy (non-hydrogen) atoms. The van der Waals surface area contributed by atoms with Crippen LogP contribution in [0.3, 0.4) is 0 Å². The van der Waals surface area contributed by atoms with Crippen molar-refractivity contribution in [2.45, 2.75) is 96.4 Å². The summed E-state index contributed by atoms with van der Waals surface area (Å²) in [5.74, 6) is -1.33. The molecular weight excluding hydrogens is 378 g/mol. The zero-order chi connectivity index (χ0) is 22.0. The molecule has 168 valence electrons. The number of phenolic OH excluding ortho intramolecular Hbond substituents is 1. The van der Waals surface area contributed by atoms with Gasteiger partial charge in [0.15, 0.2) is 0 Å². The predicted octanol–water partition coefficient (Wildman–Crippen LogP) is 5.76. The van der Waals surface area contributed by atoms with Crippen molar-refractivity contribution in [3.63, 3.8) is 0 Å². The van der Waals surface area contributed by atoms with E-state index in [4.69, 9.17) is 0 Å². The smallest absolute Gasteiger partial charge is 0.326 e. The van der Waals surface area contributed by atoms with Crippen molar-refractivity contribution in [1.29, 1.82) is 0 Å². The van der Waals surface area contributed by atoms with E-state index in [0.29, 0.717) is 0 Å². The normalized spacial score (nSPS) is 12.2. The molecular formula is C25H39NO4. The summed E-state index contributed by atoms with van der Waals surface area (Å²) in [6.07, 6.45) is 18.5. The highest BCUT2D eigenvalue weighted by Crippen LogP contribution is 2.13. The molecule has 1 rings (SSSR count). The second-order valence-corrected chi connectivity index (χ2v) is 8.00. The van der Waals surface area contributed by atoms with E-state index in [0.717, 1.165) is 18.4 Å². The molecule has 1 atom stereocenters. The summed E-state index contributed by atoms with van der Waals surface area (Å²) in [4.78, 5) is 23.4. The van der Waals surface area contributed by atoms with Crippen molar-refractivity contribution in [3.8, 4) is 5.75 Å². The summed E-state index contributed by atoms with van der Waals surface area (Å²) in [7, 11) is 0. The Morgan fingerprint density at radius 2 is 1.43 bits per heavy atom. The molecule has 0 aliphatic heterocycles. The number of amides is 1. The van der Waals surface area contributed by atoms with E-state index < -0.39 is 12.0 Å². The van der Waals surface area contributed by atoms with Gasteiger partial charge in [-0.25, -0.2) is 4.79 Å². The maximum absolute atomic E-state index is 12.0. The van der Waals surface area contributed by atoms with Crippen LogP contribution in [0.4, 0.5) is 0 Å². The van der Waals surface area contributed by atoms with Crippen LogP contribution in [0.1, 0.15) is 89.5 Å². The number of carbonyl (C=O) groups excluding carboxylic acids is 1. The summed E-state index contributed by atoms with van der Waals surface area (Å²) in [6, 6.07) is 5.32. The predicted molar refractivity (Wildman–Crippen MR) is 122 cm³/mol. The number of aromatic hydroxyl groups is 1. The average Bonchev–Trinajstić information content (AvgIpc) is 2.72. The highest BCUT2D eigenvalue weighted by molar-refractivity contribution is 5.91. The Morgan fingerprint density at radius 3 is 1.97 bits per heavy atom. The van der Waals surface area contributed by atoms with Gasteiger partial charge in [0, 0.05) is 6.42 Å². The van der Waals surface area contributed by atoms with Crippen LogP contribution < -0.4 is 5.32 Å². The molecule has 0 spiro atoms. The van der Waals surface area contributed by atoms with Crippen LogP contribution in [-0.4, -0.2) is 28.1 Å². The van der Waals surface area contributed by atoms with Gasteiger partial charge in [0.05, 0.1) is 0 Å². The van der Waals surface area contributed by atoms with Crippen LogP contribution >= 0.6 is 0 Å². The minimum absolute atomic E-state index is 0.125. The van der Waals surface area contributed by atoms with Gasteiger partial charge in [-0.15, -0.1) is 0 Å². The number of allylic oxidation sites excluding steroid dienone is 1. The number of phenols is 1. The van der Waals surface area contributed by atoms with Crippen molar-refractivity contribution in [3.05, 3.63) is 42.0 Å². The Labute approximate surface area is 181 Å². The lowest BCUT2D eigenvalue weighted by Gasteiger charge is -2.13. The summed E-state index contributed by atoms with van der Waals surface area (Å²) >= 11 is 0. The Morgan fingerprint density at radius 1 is 0.900 bits per heavy atom. The molecule has 0 aliphatic carbocycles. The van der Waals surface area contributed by atoms with Gasteiger partial charge < -0.3 is 15.5 Å². The monoisotopic (exact) mass is 417 g/mol. The molecule has 0 aromatic heterocycles. The fourth-order valence-corrected chi connectivity index (χ4v) is 3.40. The molecule has 0 unspecified atom stereocenters. The van der Waals surface area contributed by atoms with Crippen molar-refractivity contribution in [2.75, 3.05) is 0 Å². The number of hydrogen-bond donors (Lipinski definition) is 3. The van der Waals surface area contributed by atoms with E-state index in [-0.39, 0.29) is 18.1 Å². The first kappa shape index (κ1) is 25.7. The van der Waals surface area contributed by atoms with E-state index in [1.165, 1.54) is 82.4 Å². The van der Waals surface area contributed by atoms with Crippen molar-refractivity contribution in [2.24, 2.45) is 0 Å². The molecule has 0 saturated carbocycles. The molecule has 0 bridgehead atoms. The average molecular weight is 418 g/mol. The van der Waals surface area contributed by atoms with Crippen molar-refractivity contribution < 1.29 is 19.8 Å². The lowest BCUT2D eigenvalue weighted by Crippen LogP contribution is -2.41. The highest BCUT2D eigenvalue weighted by atomic mass is 16.4. The Hall–Kier alpha value is -2.30. The fourth-order valence-electron chi connectivity index (χ4n) is 3.40. The van der Waals surface area contributed by atoms with Gasteiger partial charge in [0.25, 0.3) is 0 Å². The number of carboxylic acid groups (broad SMARTS) is 1. The van der Waals surface area contributed by atoms with Gasteiger partial charge in [-0.3, -0.25) is 4.79 Å². The highest BCUT2D eigenvalue weighted by Gasteiger charge is 2.19. The quantitative estimate of drug-likeness (QED) is 0.222. The molecule has 1 amide bonds. The van der Waals surface area contributed by atoms with Crippen molar-refractivity contribution >= 4 is 11.9 Å². The minimum atomic E-state index is -1.07. The number of rotatable bonds is 17. The number of carbonyl (C=O) groups is 2. The number of aliphatic carboxylic acids is 1. The standard InChI is InChI=1S/C25H39NO4/c1-2-3-4-5-6-7-8-9-10-11-12-13-14-15-24(28)26-23(25(29)30)20-21-16-18-22(27)19-17-21/h14-19,23,27H,2-13,20H2,1H3,(H,26,28)(H,29,30)/t23-/m0/s1. The number of carboxylic acids is 1. The summed E-state index contributed by atoms with van der Waals surface area (Å²) in [5.41, 5.74) is 0.741. The maximum atomic E-state index is 12.0. The SMILES string of the molecule is CCCCCCCCCCCCCC=CC(=O)N[C@@H](Cc1ccc(O)cc1)C(=O)O. The fraction of sp³-hybridized carbons (Fsp3) is 0.600. The summed E-state index contributed by atoms with van der Waals surface area (Å²) < 4.78 is 0. The van der Waals surface area contributed by atoms with Gasteiger partial charge in [-0.2, -0.15) is 0 Å². The molecule has 0 fully saturated rings. The number of nitrogens with one attached hydrogen (secondary N) is 1. The zero-order valence-corrected chi connectivity index (χ0v) is 18.4. The Bertz CT molecular complexity index is 625. The number of hydrogen-bond acceptors (Lipinski definition) is 3. The second kappa shape index (κ2) is 16.5. The Balaban J connectivity index is 2.12. The van der Waals surface area contributed by atoms with E-state index in [1.807, 2.05) is 6.08 Å². The molecule has 5 nitrogen and oxygen atoms in total. The number of unbranched alkanes of at least 4 members (excludes halogenated alkanes) is 11. The van der Waals surface area contributed by atoms with Crippen LogP contribution in [-0.2, 0) is 16.0 Å².